The summed E-state index contributed by atoms with van der Waals surface area (Å²) < 4.78 is 30.8. The predicted octanol–water partition coefficient (Wildman–Crippen LogP) is 5.81. The largest absolute Gasteiger partial charge is 0.507 e. The number of anilines is 1. The number of carbonyl (C=O) groups is 1. The van der Waals surface area contributed by atoms with E-state index in [4.69, 9.17) is 15.5 Å². The molecule has 2 aromatic carbocycles. The number of phenols is 1. The highest BCUT2D eigenvalue weighted by Gasteiger charge is 2.17. The summed E-state index contributed by atoms with van der Waals surface area (Å²) in [6, 6.07) is 14.6. The molecule has 1 aliphatic rings. The van der Waals surface area contributed by atoms with Crippen LogP contribution in [0.1, 0.15) is 42.5 Å². The number of alkyl halides is 2. The fourth-order valence-corrected chi connectivity index (χ4v) is 4.36. The van der Waals surface area contributed by atoms with Gasteiger partial charge < -0.3 is 20.9 Å². The van der Waals surface area contributed by atoms with Crippen LogP contribution in [0.4, 0.5) is 14.6 Å². The van der Waals surface area contributed by atoms with Crippen molar-refractivity contribution in [2.75, 3.05) is 11.9 Å². The summed E-state index contributed by atoms with van der Waals surface area (Å²) in [4.78, 5) is 16.4. The van der Waals surface area contributed by atoms with E-state index < -0.39 is 12.5 Å². The molecule has 1 saturated carbocycles. The van der Waals surface area contributed by atoms with Gasteiger partial charge in [-0.1, -0.05) is 37.5 Å². The number of aromatic hydroxyl groups is 1. The van der Waals surface area contributed by atoms with Crippen LogP contribution in [0, 0.1) is 5.92 Å². The van der Waals surface area contributed by atoms with E-state index >= 15 is 0 Å². The number of hydrogen-bond donors (Lipinski definition) is 3. The number of para-hydroxylation sites is 1. The summed E-state index contributed by atoms with van der Waals surface area (Å²) in [5.74, 6) is 0.197. The zero-order chi connectivity index (χ0) is 24.1. The van der Waals surface area contributed by atoms with Crippen molar-refractivity contribution in [3.63, 3.8) is 0 Å². The van der Waals surface area contributed by atoms with E-state index in [-0.39, 0.29) is 17.1 Å². The number of hydrogen-bond acceptors (Lipinski definition) is 5. The lowest BCUT2D eigenvalue weighted by atomic mass is 9.89. The SMILES string of the molecule is NC(=O)c1cc(-c2cc(-c3ccccc3OC(F)F)cc(NCC3CCCCC3)n2)ccc1O. The molecule has 0 bridgehead atoms. The van der Waals surface area contributed by atoms with Crippen LogP contribution < -0.4 is 15.8 Å². The maximum absolute atomic E-state index is 13.0. The van der Waals surface area contributed by atoms with E-state index in [0.29, 0.717) is 34.1 Å². The first-order chi connectivity index (χ1) is 16.4. The number of rotatable bonds is 8. The average Bonchev–Trinajstić information content (AvgIpc) is 2.83. The summed E-state index contributed by atoms with van der Waals surface area (Å²) in [6.07, 6.45) is 6.01. The van der Waals surface area contributed by atoms with Crippen molar-refractivity contribution in [1.82, 2.24) is 4.98 Å². The number of ether oxygens (including phenoxy) is 1. The summed E-state index contributed by atoms with van der Waals surface area (Å²) in [6.45, 7) is -2.20. The van der Waals surface area contributed by atoms with Gasteiger partial charge in [-0.2, -0.15) is 8.78 Å². The molecule has 1 aromatic heterocycles. The number of benzene rings is 2. The first kappa shape index (κ1) is 23.5. The molecule has 4 N–H and O–H groups in total. The molecule has 4 rings (SSSR count). The Balaban J connectivity index is 1.76. The number of pyridine rings is 1. The minimum absolute atomic E-state index is 0.0251. The molecule has 3 aromatic rings. The van der Waals surface area contributed by atoms with Gasteiger partial charge in [0.15, 0.2) is 0 Å². The predicted molar refractivity (Wildman–Crippen MR) is 127 cm³/mol. The maximum atomic E-state index is 13.0. The van der Waals surface area contributed by atoms with Crippen LogP contribution in [0.5, 0.6) is 11.5 Å². The Morgan fingerprint density at radius 1 is 1.09 bits per heavy atom. The second-order valence-corrected chi connectivity index (χ2v) is 8.48. The normalized spacial score (nSPS) is 14.2. The molecule has 0 aliphatic heterocycles. The molecule has 0 atom stereocenters. The van der Waals surface area contributed by atoms with E-state index in [9.17, 15) is 18.7 Å². The van der Waals surface area contributed by atoms with Crippen molar-refractivity contribution in [1.29, 1.82) is 0 Å². The highest BCUT2D eigenvalue weighted by atomic mass is 19.3. The molecule has 1 amide bonds. The van der Waals surface area contributed by atoms with Gasteiger partial charge in [0.1, 0.15) is 17.3 Å². The number of nitrogens with one attached hydrogen (secondary N) is 1. The van der Waals surface area contributed by atoms with E-state index in [0.717, 1.165) is 19.4 Å². The number of amides is 1. The van der Waals surface area contributed by atoms with Crippen LogP contribution in [0.15, 0.2) is 54.6 Å². The van der Waals surface area contributed by atoms with Gasteiger partial charge in [-0.3, -0.25) is 4.79 Å². The molecule has 1 aliphatic carbocycles. The lowest BCUT2D eigenvalue weighted by molar-refractivity contribution is -0.0494. The lowest BCUT2D eigenvalue weighted by Crippen LogP contribution is -2.17. The van der Waals surface area contributed by atoms with E-state index in [2.05, 4.69) is 5.32 Å². The second-order valence-electron chi connectivity index (χ2n) is 8.48. The molecular formula is C26H27F2N3O3. The average molecular weight is 468 g/mol. The van der Waals surface area contributed by atoms with Crippen molar-refractivity contribution in [2.45, 2.75) is 38.7 Å². The van der Waals surface area contributed by atoms with Gasteiger partial charge in [0.2, 0.25) is 0 Å². The smallest absolute Gasteiger partial charge is 0.387 e. The molecule has 0 unspecified atom stereocenters. The number of primary amides is 1. The summed E-state index contributed by atoms with van der Waals surface area (Å²) >= 11 is 0. The third kappa shape index (κ3) is 5.62. The number of carbonyl (C=O) groups excluding carboxylic acids is 1. The van der Waals surface area contributed by atoms with Crippen molar-refractivity contribution in [2.24, 2.45) is 11.7 Å². The zero-order valence-electron chi connectivity index (χ0n) is 18.6. The van der Waals surface area contributed by atoms with Gasteiger partial charge in [-0.25, -0.2) is 4.98 Å². The molecule has 8 heteroatoms. The Morgan fingerprint density at radius 3 is 2.59 bits per heavy atom. The van der Waals surface area contributed by atoms with Crippen molar-refractivity contribution < 1.29 is 23.4 Å². The molecular weight excluding hydrogens is 440 g/mol. The zero-order valence-corrected chi connectivity index (χ0v) is 18.6. The minimum atomic E-state index is -2.96. The summed E-state index contributed by atoms with van der Waals surface area (Å²) in [5.41, 5.74) is 7.53. The van der Waals surface area contributed by atoms with Gasteiger partial charge in [0, 0.05) is 17.7 Å². The highest BCUT2D eigenvalue weighted by Crippen LogP contribution is 2.35. The van der Waals surface area contributed by atoms with Crippen LogP contribution in [-0.4, -0.2) is 29.2 Å². The van der Waals surface area contributed by atoms with Gasteiger partial charge in [0.05, 0.1) is 11.3 Å². The monoisotopic (exact) mass is 467 g/mol. The first-order valence-corrected chi connectivity index (χ1v) is 11.3. The molecule has 34 heavy (non-hydrogen) atoms. The number of aromatic nitrogens is 1. The van der Waals surface area contributed by atoms with E-state index in [1.165, 1.54) is 37.5 Å². The molecule has 6 nitrogen and oxygen atoms in total. The number of nitrogens with two attached hydrogens (primary N) is 1. The topological polar surface area (TPSA) is 97.5 Å². The first-order valence-electron chi connectivity index (χ1n) is 11.3. The number of halogens is 2. The van der Waals surface area contributed by atoms with E-state index in [1.807, 2.05) is 0 Å². The Hall–Kier alpha value is -3.68. The molecule has 1 heterocycles. The van der Waals surface area contributed by atoms with Crippen LogP contribution in [0.25, 0.3) is 22.4 Å². The molecule has 0 radical (unpaired) electrons. The highest BCUT2D eigenvalue weighted by molar-refractivity contribution is 5.97. The van der Waals surface area contributed by atoms with Gasteiger partial charge in [-0.15, -0.1) is 0 Å². The standard InChI is InChI=1S/C26H27F2N3O3/c27-26(28)34-23-9-5-4-8-19(23)18-13-21(17-10-11-22(32)20(12-17)25(29)33)31-24(14-18)30-15-16-6-2-1-3-7-16/h4-5,8-14,16,26,32H,1-3,6-7,15H2,(H2,29,33)(H,30,31). The Morgan fingerprint density at radius 2 is 1.85 bits per heavy atom. The van der Waals surface area contributed by atoms with Crippen LogP contribution in [0.2, 0.25) is 0 Å². The van der Waals surface area contributed by atoms with Crippen LogP contribution in [0.3, 0.4) is 0 Å². The third-order valence-electron chi connectivity index (χ3n) is 6.09. The summed E-state index contributed by atoms with van der Waals surface area (Å²) in [7, 11) is 0. The van der Waals surface area contributed by atoms with Crippen molar-refractivity contribution in [3.05, 3.63) is 60.2 Å². The fourth-order valence-electron chi connectivity index (χ4n) is 4.36. The quantitative estimate of drug-likeness (QED) is 0.388. The molecule has 0 spiro atoms. The van der Waals surface area contributed by atoms with Gasteiger partial charge in [-0.05, 0) is 60.7 Å². The Kier molecular flexibility index (Phi) is 7.25. The van der Waals surface area contributed by atoms with Crippen LogP contribution >= 0.6 is 0 Å². The van der Waals surface area contributed by atoms with E-state index in [1.54, 1.807) is 36.4 Å². The molecule has 1 fully saturated rings. The summed E-state index contributed by atoms with van der Waals surface area (Å²) in [5, 5.41) is 13.4. The third-order valence-corrected chi connectivity index (χ3v) is 6.09. The number of nitrogens with zero attached hydrogens (tertiary/aromatic N) is 1. The molecule has 0 saturated heterocycles. The molecule has 178 valence electrons. The lowest BCUT2D eigenvalue weighted by Gasteiger charge is -2.22. The van der Waals surface area contributed by atoms with Gasteiger partial charge in [0.25, 0.3) is 5.91 Å². The van der Waals surface area contributed by atoms with Crippen LogP contribution in [-0.2, 0) is 0 Å². The van der Waals surface area contributed by atoms with Crippen molar-refractivity contribution >= 4 is 11.7 Å². The minimum Gasteiger partial charge on any atom is -0.507 e. The van der Waals surface area contributed by atoms with Gasteiger partial charge >= 0.3 is 6.61 Å². The maximum Gasteiger partial charge on any atom is 0.387 e. The fraction of sp³-hybridized carbons (Fsp3) is 0.308. The second kappa shape index (κ2) is 10.5. The Bertz CT molecular complexity index is 1160. The Labute approximate surface area is 196 Å². The van der Waals surface area contributed by atoms with Crippen molar-refractivity contribution in [3.8, 4) is 33.9 Å².